The smallest absolute Gasteiger partial charge is 0.332 e. The second-order valence-electron chi connectivity index (χ2n) is 3.68. The molecule has 1 unspecified atom stereocenters. The van der Waals surface area contributed by atoms with Gasteiger partial charge >= 0.3 is 5.97 Å². The fourth-order valence-electron chi connectivity index (χ4n) is 1.29. The lowest BCUT2D eigenvalue weighted by molar-refractivity contribution is -0.153. The predicted molar refractivity (Wildman–Crippen MR) is 40.4 cm³/mol. The van der Waals surface area contributed by atoms with Crippen LogP contribution in [0.5, 0.6) is 0 Å². The maximum atomic E-state index is 10.5. The van der Waals surface area contributed by atoms with E-state index in [-0.39, 0.29) is 5.60 Å². The highest BCUT2D eigenvalue weighted by Crippen LogP contribution is 2.35. The van der Waals surface area contributed by atoms with Gasteiger partial charge in [-0.2, -0.15) is 0 Å². The first-order valence-electron chi connectivity index (χ1n) is 3.84. The summed E-state index contributed by atoms with van der Waals surface area (Å²) in [5, 5.41) is 8.64. The molecule has 64 valence electrons. The van der Waals surface area contributed by atoms with Crippen molar-refractivity contribution in [1.29, 1.82) is 0 Å². The molecular formula is C8H14O3. The Bertz CT molecular complexity index is 174. The van der Waals surface area contributed by atoms with Crippen LogP contribution in [0, 0.1) is 5.92 Å². The molecule has 1 aliphatic rings. The van der Waals surface area contributed by atoms with Gasteiger partial charge in [-0.25, -0.2) is 4.79 Å². The zero-order valence-corrected chi connectivity index (χ0v) is 7.13. The van der Waals surface area contributed by atoms with Crippen LogP contribution < -0.4 is 0 Å². The minimum Gasteiger partial charge on any atom is -0.479 e. The molecule has 1 aliphatic heterocycles. The molecule has 0 amide bonds. The third kappa shape index (κ3) is 1.53. The van der Waals surface area contributed by atoms with Crippen LogP contribution in [-0.2, 0) is 9.53 Å². The molecule has 1 fully saturated rings. The Balaban J connectivity index is 2.64. The summed E-state index contributed by atoms with van der Waals surface area (Å²) in [6, 6.07) is 0. The Morgan fingerprint density at radius 3 is 2.36 bits per heavy atom. The number of aliphatic carboxylic acids is 1. The monoisotopic (exact) mass is 158 g/mol. The van der Waals surface area contributed by atoms with Crippen molar-refractivity contribution < 1.29 is 14.6 Å². The number of rotatable bonds is 1. The Morgan fingerprint density at radius 1 is 1.64 bits per heavy atom. The van der Waals surface area contributed by atoms with E-state index in [2.05, 4.69) is 0 Å². The van der Waals surface area contributed by atoms with Crippen molar-refractivity contribution in [1.82, 2.24) is 0 Å². The third-order valence-corrected chi connectivity index (χ3v) is 2.48. The molecule has 2 atom stereocenters. The van der Waals surface area contributed by atoms with Gasteiger partial charge in [0, 0.05) is 0 Å². The normalized spacial score (nSPS) is 35.5. The van der Waals surface area contributed by atoms with Crippen LogP contribution in [0.2, 0.25) is 0 Å². The molecule has 0 radical (unpaired) electrons. The maximum absolute atomic E-state index is 10.5. The SMILES string of the molecule is C[C@@H]1CC(C(=O)O)OC1(C)C. The Morgan fingerprint density at radius 2 is 2.18 bits per heavy atom. The lowest BCUT2D eigenvalue weighted by atomic mass is 9.92. The highest BCUT2D eigenvalue weighted by Gasteiger charge is 2.41. The third-order valence-electron chi connectivity index (χ3n) is 2.48. The quantitative estimate of drug-likeness (QED) is 0.625. The van der Waals surface area contributed by atoms with Crippen molar-refractivity contribution in [2.75, 3.05) is 0 Å². The van der Waals surface area contributed by atoms with Gasteiger partial charge in [-0.1, -0.05) is 6.92 Å². The molecule has 0 spiro atoms. The van der Waals surface area contributed by atoms with Gasteiger partial charge < -0.3 is 9.84 Å². The molecule has 1 saturated heterocycles. The Labute approximate surface area is 66.4 Å². The number of ether oxygens (including phenoxy) is 1. The maximum Gasteiger partial charge on any atom is 0.332 e. The van der Waals surface area contributed by atoms with Crippen molar-refractivity contribution >= 4 is 5.97 Å². The topological polar surface area (TPSA) is 46.5 Å². The summed E-state index contributed by atoms with van der Waals surface area (Å²) in [6.45, 7) is 5.88. The van der Waals surface area contributed by atoms with Crippen LogP contribution in [0.3, 0.4) is 0 Å². The summed E-state index contributed by atoms with van der Waals surface area (Å²) in [7, 11) is 0. The van der Waals surface area contributed by atoms with Crippen molar-refractivity contribution in [3.63, 3.8) is 0 Å². The van der Waals surface area contributed by atoms with Crippen molar-refractivity contribution in [2.45, 2.75) is 38.9 Å². The van der Waals surface area contributed by atoms with E-state index < -0.39 is 12.1 Å². The highest BCUT2D eigenvalue weighted by atomic mass is 16.5. The average molecular weight is 158 g/mol. The second-order valence-corrected chi connectivity index (χ2v) is 3.68. The molecule has 0 aromatic rings. The van der Waals surface area contributed by atoms with E-state index in [0.29, 0.717) is 12.3 Å². The van der Waals surface area contributed by atoms with Crippen molar-refractivity contribution in [3.05, 3.63) is 0 Å². The first-order chi connectivity index (χ1) is 4.93. The summed E-state index contributed by atoms with van der Waals surface area (Å²) in [6.07, 6.45) is 0.0301. The van der Waals surface area contributed by atoms with Crippen LogP contribution in [-0.4, -0.2) is 22.8 Å². The van der Waals surface area contributed by atoms with Gasteiger partial charge in [-0.3, -0.25) is 0 Å². The lowest BCUT2D eigenvalue weighted by Crippen LogP contribution is -2.27. The van der Waals surface area contributed by atoms with Crippen LogP contribution >= 0.6 is 0 Å². The standard InChI is InChI=1S/C8H14O3/c1-5-4-6(7(9)10)11-8(5,2)3/h5-6H,4H2,1-3H3,(H,9,10)/t5-,6?/m1/s1. The van der Waals surface area contributed by atoms with Crippen molar-refractivity contribution in [2.24, 2.45) is 5.92 Å². The van der Waals surface area contributed by atoms with Gasteiger partial charge in [0.15, 0.2) is 6.10 Å². The lowest BCUT2D eigenvalue weighted by Gasteiger charge is -2.22. The van der Waals surface area contributed by atoms with Gasteiger partial charge in [0.1, 0.15) is 0 Å². The second kappa shape index (κ2) is 2.48. The number of hydrogen-bond donors (Lipinski definition) is 1. The molecule has 0 aliphatic carbocycles. The van der Waals surface area contributed by atoms with Gasteiger partial charge in [0.05, 0.1) is 5.60 Å². The molecule has 3 heteroatoms. The molecule has 3 nitrogen and oxygen atoms in total. The van der Waals surface area contributed by atoms with E-state index in [4.69, 9.17) is 9.84 Å². The van der Waals surface area contributed by atoms with Crippen LogP contribution in [0.1, 0.15) is 27.2 Å². The number of carboxylic acids is 1. The van der Waals surface area contributed by atoms with E-state index in [1.54, 1.807) is 0 Å². The van der Waals surface area contributed by atoms with Gasteiger partial charge in [-0.05, 0) is 26.2 Å². The predicted octanol–water partition coefficient (Wildman–Crippen LogP) is 1.27. The fraction of sp³-hybridized carbons (Fsp3) is 0.875. The summed E-state index contributed by atoms with van der Waals surface area (Å²) >= 11 is 0. The summed E-state index contributed by atoms with van der Waals surface area (Å²) in [5.74, 6) is -0.522. The fourth-order valence-corrected chi connectivity index (χ4v) is 1.29. The van der Waals surface area contributed by atoms with E-state index >= 15 is 0 Å². The highest BCUT2D eigenvalue weighted by molar-refractivity contribution is 5.72. The minimum absolute atomic E-state index is 0.275. The zero-order chi connectivity index (χ0) is 8.65. The Kier molecular flexibility index (Phi) is 1.92. The van der Waals surface area contributed by atoms with Gasteiger partial charge in [-0.15, -0.1) is 0 Å². The number of carbonyl (C=O) groups is 1. The Hall–Kier alpha value is -0.570. The van der Waals surface area contributed by atoms with Crippen molar-refractivity contribution in [3.8, 4) is 0 Å². The summed E-state index contributed by atoms with van der Waals surface area (Å²) < 4.78 is 5.32. The molecule has 0 bridgehead atoms. The zero-order valence-electron chi connectivity index (χ0n) is 7.13. The van der Waals surface area contributed by atoms with Gasteiger partial charge in [0.2, 0.25) is 0 Å². The first-order valence-corrected chi connectivity index (χ1v) is 3.84. The molecule has 1 N–H and O–H groups in total. The van der Waals surface area contributed by atoms with E-state index in [0.717, 1.165) is 0 Å². The first kappa shape index (κ1) is 8.53. The molecular weight excluding hydrogens is 144 g/mol. The molecule has 1 rings (SSSR count). The van der Waals surface area contributed by atoms with Crippen LogP contribution in [0.4, 0.5) is 0 Å². The largest absolute Gasteiger partial charge is 0.479 e. The van der Waals surface area contributed by atoms with Crippen LogP contribution in [0.25, 0.3) is 0 Å². The molecule has 11 heavy (non-hydrogen) atoms. The average Bonchev–Trinajstić information content (AvgIpc) is 2.08. The van der Waals surface area contributed by atoms with E-state index in [9.17, 15) is 4.79 Å². The van der Waals surface area contributed by atoms with E-state index in [1.807, 2.05) is 20.8 Å². The number of hydrogen-bond acceptors (Lipinski definition) is 2. The molecule has 0 saturated carbocycles. The molecule has 0 aromatic heterocycles. The number of carboxylic acid groups (broad SMARTS) is 1. The summed E-state index contributed by atoms with van der Waals surface area (Å²) in [4.78, 5) is 10.5. The molecule has 0 aromatic carbocycles. The molecule has 1 heterocycles. The summed E-state index contributed by atoms with van der Waals surface area (Å²) in [5.41, 5.74) is -0.275. The van der Waals surface area contributed by atoms with Crippen LogP contribution in [0.15, 0.2) is 0 Å². The minimum atomic E-state index is -0.845. The van der Waals surface area contributed by atoms with Gasteiger partial charge in [0.25, 0.3) is 0 Å². The van der Waals surface area contributed by atoms with E-state index in [1.165, 1.54) is 0 Å².